The molecule has 0 fully saturated rings. The Bertz CT molecular complexity index is 252. The molecular weight excluding hydrogens is 244 g/mol. The van der Waals surface area contributed by atoms with Gasteiger partial charge in [-0.15, -0.1) is 0 Å². The first-order valence-corrected chi connectivity index (χ1v) is 8.63. The molecule has 20 heavy (non-hydrogen) atoms. The van der Waals surface area contributed by atoms with E-state index in [1.807, 2.05) is 0 Å². The predicted octanol–water partition coefficient (Wildman–Crippen LogP) is 6.39. The van der Waals surface area contributed by atoms with Gasteiger partial charge in [0.2, 0.25) is 0 Å². The second-order valence-electron chi connectivity index (χ2n) is 5.70. The molecule has 0 saturated carbocycles. The maximum Gasteiger partial charge on any atom is 0.155 e. The zero-order valence-corrected chi connectivity index (χ0v) is 13.5. The van der Waals surface area contributed by atoms with Crippen molar-refractivity contribution in [2.24, 2.45) is 0 Å². The van der Waals surface area contributed by atoms with Crippen molar-refractivity contribution in [3.63, 3.8) is 0 Å². The molecule has 1 nitrogen and oxygen atoms in total. The zero-order valence-electron chi connectivity index (χ0n) is 13.5. The van der Waals surface area contributed by atoms with Crippen LogP contribution in [0, 0.1) is 0 Å². The molecule has 0 atom stereocenters. The number of carbonyl (C=O) groups excluding carboxylic acids is 1. The highest BCUT2D eigenvalue weighted by molar-refractivity contribution is 5.89. The van der Waals surface area contributed by atoms with Gasteiger partial charge in [-0.1, -0.05) is 96.3 Å². The molecule has 116 valence electrons. The Hall–Kier alpha value is -0.850. The van der Waals surface area contributed by atoms with E-state index in [1.165, 1.54) is 70.6 Å². The summed E-state index contributed by atoms with van der Waals surface area (Å²) in [6.07, 6.45) is 21.8. The van der Waals surface area contributed by atoms with Gasteiger partial charge in [-0.25, -0.2) is 0 Å². The van der Waals surface area contributed by atoms with Crippen LogP contribution in [0.2, 0.25) is 0 Å². The van der Waals surface area contributed by atoms with Crippen LogP contribution < -0.4 is 0 Å². The maximum absolute atomic E-state index is 11.3. The number of rotatable bonds is 15. The number of hydrogen-bond donors (Lipinski definition) is 0. The summed E-state index contributed by atoms with van der Waals surface area (Å²) >= 11 is 0. The van der Waals surface area contributed by atoms with Crippen molar-refractivity contribution in [3.8, 4) is 0 Å². The van der Waals surface area contributed by atoms with Gasteiger partial charge in [0.15, 0.2) is 5.78 Å². The van der Waals surface area contributed by atoms with Crippen LogP contribution in [0.5, 0.6) is 0 Å². The number of allylic oxidation sites excluding steroid dienone is 3. The minimum atomic E-state index is 0.233. The Balaban J connectivity index is 3.11. The van der Waals surface area contributed by atoms with Gasteiger partial charge in [0, 0.05) is 6.42 Å². The fourth-order valence-corrected chi connectivity index (χ4v) is 2.40. The summed E-state index contributed by atoms with van der Waals surface area (Å²) in [5.41, 5.74) is 0. The highest BCUT2D eigenvalue weighted by Gasteiger charge is 1.97. The molecule has 1 heteroatoms. The topological polar surface area (TPSA) is 17.1 Å². The maximum atomic E-state index is 11.3. The summed E-state index contributed by atoms with van der Waals surface area (Å²) in [7, 11) is 0. The number of unbranched alkanes of at least 4 members (excludes halogenated alkanes) is 11. The van der Waals surface area contributed by atoms with E-state index in [4.69, 9.17) is 0 Å². The van der Waals surface area contributed by atoms with Crippen molar-refractivity contribution < 1.29 is 4.79 Å². The Morgan fingerprint density at radius 1 is 0.800 bits per heavy atom. The Morgan fingerprint density at radius 3 is 1.70 bits per heavy atom. The molecule has 0 aliphatic carbocycles. The van der Waals surface area contributed by atoms with E-state index >= 15 is 0 Å². The molecule has 0 saturated heterocycles. The molecule has 0 radical (unpaired) electrons. The Kier molecular flexibility index (Phi) is 15.5. The SMILES string of the molecule is C=CC=CC(=O)CCCCCCCCCCCCCC. The molecule has 0 aromatic carbocycles. The first-order valence-electron chi connectivity index (χ1n) is 8.63. The summed E-state index contributed by atoms with van der Waals surface area (Å²) in [6.45, 7) is 5.83. The van der Waals surface area contributed by atoms with Crippen molar-refractivity contribution in [3.05, 3.63) is 24.8 Å². The second-order valence-corrected chi connectivity index (χ2v) is 5.70. The fourth-order valence-electron chi connectivity index (χ4n) is 2.40. The van der Waals surface area contributed by atoms with Crippen molar-refractivity contribution in [1.29, 1.82) is 0 Å². The monoisotopic (exact) mass is 278 g/mol. The van der Waals surface area contributed by atoms with Gasteiger partial charge in [0.25, 0.3) is 0 Å². The molecule has 0 bridgehead atoms. The van der Waals surface area contributed by atoms with E-state index in [0.29, 0.717) is 6.42 Å². The van der Waals surface area contributed by atoms with E-state index in [2.05, 4.69) is 13.5 Å². The van der Waals surface area contributed by atoms with Crippen LogP contribution in [0.25, 0.3) is 0 Å². The molecule has 0 aromatic heterocycles. The van der Waals surface area contributed by atoms with Crippen molar-refractivity contribution in [2.75, 3.05) is 0 Å². The van der Waals surface area contributed by atoms with E-state index < -0.39 is 0 Å². The van der Waals surface area contributed by atoms with Gasteiger partial charge >= 0.3 is 0 Å². The molecule has 0 aliphatic heterocycles. The van der Waals surface area contributed by atoms with Gasteiger partial charge in [-0.05, 0) is 12.5 Å². The lowest BCUT2D eigenvalue weighted by atomic mass is 10.0. The quantitative estimate of drug-likeness (QED) is 0.193. The van der Waals surface area contributed by atoms with Crippen LogP contribution in [0.15, 0.2) is 24.8 Å². The normalized spacial score (nSPS) is 11.1. The molecule has 0 spiro atoms. The third-order valence-electron chi connectivity index (χ3n) is 3.69. The summed E-state index contributed by atoms with van der Waals surface area (Å²) in [6, 6.07) is 0. The summed E-state index contributed by atoms with van der Waals surface area (Å²) in [5.74, 6) is 0.233. The third-order valence-corrected chi connectivity index (χ3v) is 3.69. The highest BCUT2D eigenvalue weighted by Crippen LogP contribution is 2.12. The van der Waals surface area contributed by atoms with E-state index in [9.17, 15) is 4.79 Å². The molecule has 0 N–H and O–H groups in total. The smallest absolute Gasteiger partial charge is 0.155 e. The number of ketones is 1. The van der Waals surface area contributed by atoms with E-state index in [-0.39, 0.29) is 5.78 Å². The molecule has 0 aromatic rings. The Morgan fingerprint density at radius 2 is 1.25 bits per heavy atom. The van der Waals surface area contributed by atoms with Crippen LogP contribution in [-0.2, 0) is 4.79 Å². The number of hydrogen-bond acceptors (Lipinski definition) is 1. The largest absolute Gasteiger partial charge is 0.295 e. The van der Waals surface area contributed by atoms with Crippen molar-refractivity contribution in [1.82, 2.24) is 0 Å². The molecule has 0 rings (SSSR count). The zero-order chi connectivity index (χ0) is 14.9. The first-order chi connectivity index (χ1) is 9.81. The summed E-state index contributed by atoms with van der Waals surface area (Å²) < 4.78 is 0. The summed E-state index contributed by atoms with van der Waals surface area (Å²) in [5, 5.41) is 0. The summed E-state index contributed by atoms with van der Waals surface area (Å²) in [4.78, 5) is 11.3. The van der Waals surface area contributed by atoms with Crippen LogP contribution >= 0.6 is 0 Å². The lowest BCUT2D eigenvalue weighted by Gasteiger charge is -2.02. The third kappa shape index (κ3) is 15.2. The molecule has 0 aliphatic rings. The van der Waals surface area contributed by atoms with Crippen molar-refractivity contribution in [2.45, 2.75) is 90.4 Å². The molecular formula is C19H34O. The molecule has 0 amide bonds. The van der Waals surface area contributed by atoms with Crippen molar-refractivity contribution >= 4 is 5.78 Å². The van der Waals surface area contributed by atoms with Gasteiger partial charge in [0.05, 0.1) is 0 Å². The lowest BCUT2D eigenvalue weighted by molar-refractivity contribution is -0.114. The van der Waals surface area contributed by atoms with Gasteiger partial charge in [0.1, 0.15) is 0 Å². The van der Waals surface area contributed by atoms with Crippen LogP contribution in [0.4, 0.5) is 0 Å². The van der Waals surface area contributed by atoms with Gasteiger partial charge < -0.3 is 0 Å². The predicted molar refractivity (Wildman–Crippen MR) is 90.0 cm³/mol. The highest BCUT2D eigenvalue weighted by atomic mass is 16.1. The number of carbonyl (C=O) groups is 1. The van der Waals surface area contributed by atoms with Gasteiger partial charge in [-0.3, -0.25) is 4.79 Å². The molecule has 0 heterocycles. The van der Waals surface area contributed by atoms with Gasteiger partial charge in [-0.2, -0.15) is 0 Å². The van der Waals surface area contributed by atoms with E-state index in [1.54, 1.807) is 18.2 Å². The average molecular weight is 278 g/mol. The average Bonchev–Trinajstić information content (AvgIpc) is 2.46. The Labute approximate surface area is 126 Å². The second kappa shape index (κ2) is 16.2. The van der Waals surface area contributed by atoms with E-state index in [0.717, 1.165) is 6.42 Å². The van der Waals surface area contributed by atoms with Crippen LogP contribution in [-0.4, -0.2) is 5.78 Å². The minimum Gasteiger partial charge on any atom is -0.295 e. The standard InChI is InChI=1S/C19H34O/c1-3-5-7-8-9-10-11-12-13-14-15-16-18-19(20)17-6-4-2/h4,6,17H,2-3,5,7-16,18H2,1H3. The minimum absolute atomic E-state index is 0.233. The fraction of sp³-hybridized carbons (Fsp3) is 0.737. The lowest BCUT2D eigenvalue weighted by Crippen LogP contribution is -1.92. The first kappa shape index (κ1) is 19.1. The molecule has 0 unspecified atom stereocenters. The van der Waals surface area contributed by atoms with Crippen LogP contribution in [0.3, 0.4) is 0 Å². The van der Waals surface area contributed by atoms with Crippen LogP contribution in [0.1, 0.15) is 90.4 Å².